The number of nitrogens with one attached hydrogen (secondary N) is 1. The molecule has 1 N–H and O–H groups in total. The van der Waals surface area contributed by atoms with E-state index in [0.717, 1.165) is 10.7 Å². The Morgan fingerprint density at radius 3 is 2.69 bits per heavy atom. The minimum Gasteiger partial charge on any atom is -0.309 e. The summed E-state index contributed by atoms with van der Waals surface area (Å²) in [4.78, 5) is 4.45. The summed E-state index contributed by atoms with van der Waals surface area (Å²) in [6, 6.07) is 0.259. The summed E-state index contributed by atoms with van der Waals surface area (Å²) in [5.74, 6) is 0. The molecule has 0 aromatic carbocycles. The number of likely N-dealkylation sites (N-methyl/N-ethyl adjacent to an activating group) is 1. The molecule has 0 fully saturated rings. The third kappa shape index (κ3) is 2.94. The lowest BCUT2D eigenvalue weighted by Gasteiger charge is -2.08. The highest BCUT2D eigenvalue weighted by Crippen LogP contribution is 2.18. The van der Waals surface area contributed by atoms with Crippen molar-refractivity contribution in [2.75, 3.05) is 7.05 Å². The van der Waals surface area contributed by atoms with Crippen LogP contribution in [0.2, 0.25) is 0 Å². The maximum absolute atomic E-state index is 4.45. The van der Waals surface area contributed by atoms with Gasteiger partial charge in [-0.15, -0.1) is 11.3 Å². The van der Waals surface area contributed by atoms with Gasteiger partial charge in [-0.1, -0.05) is 11.6 Å². The number of aromatic nitrogens is 1. The standard InChI is InChI=1S/C10H16N2S/c1-7(2)5-9(11-4)10-6-13-8(3)12-10/h5-6,9,11H,1-4H3. The lowest BCUT2D eigenvalue weighted by Crippen LogP contribution is -2.14. The van der Waals surface area contributed by atoms with Crippen molar-refractivity contribution >= 4 is 11.3 Å². The molecule has 0 amide bonds. The molecular formula is C10H16N2S. The van der Waals surface area contributed by atoms with Gasteiger partial charge in [0.1, 0.15) is 0 Å². The smallest absolute Gasteiger partial charge is 0.0898 e. The Labute approximate surface area is 83.7 Å². The first-order chi connectivity index (χ1) is 6.13. The number of rotatable bonds is 3. The quantitative estimate of drug-likeness (QED) is 0.752. The average molecular weight is 196 g/mol. The van der Waals surface area contributed by atoms with Gasteiger partial charge in [0, 0.05) is 5.38 Å². The van der Waals surface area contributed by atoms with E-state index in [1.807, 2.05) is 14.0 Å². The fraction of sp³-hybridized carbons (Fsp3) is 0.500. The number of hydrogen-bond acceptors (Lipinski definition) is 3. The molecule has 0 radical (unpaired) electrons. The molecule has 3 heteroatoms. The van der Waals surface area contributed by atoms with Crippen molar-refractivity contribution in [3.8, 4) is 0 Å². The number of allylic oxidation sites excluding steroid dienone is 1. The van der Waals surface area contributed by atoms with Crippen LogP contribution in [0.3, 0.4) is 0 Å². The van der Waals surface area contributed by atoms with E-state index < -0.39 is 0 Å². The second kappa shape index (κ2) is 4.53. The summed E-state index contributed by atoms with van der Waals surface area (Å²) in [6.07, 6.45) is 2.19. The van der Waals surface area contributed by atoms with E-state index in [0.29, 0.717) is 0 Å². The first-order valence-corrected chi connectivity index (χ1v) is 5.25. The SMILES string of the molecule is CNC(C=C(C)C)c1csc(C)n1. The van der Waals surface area contributed by atoms with E-state index in [-0.39, 0.29) is 6.04 Å². The van der Waals surface area contributed by atoms with Crippen molar-refractivity contribution in [2.45, 2.75) is 26.8 Å². The van der Waals surface area contributed by atoms with Crippen molar-refractivity contribution in [3.05, 3.63) is 27.7 Å². The fourth-order valence-corrected chi connectivity index (χ4v) is 1.82. The molecule has 72 valence electrons. The highest BCUT2D eigenvalue weighted by atomic mass is 32.1. The van der Waals surface area contributed by atoms with E-state index in [9.17, 15) is 0 Å². The van der Waals surface area contributed by atoms with Crippen LogP contribution in [0.4, 0.5) is 0 Å². The number of aryl methyl sites for hydroxylation is 1. The van der Waals surface area contributed by atoms with Crippen LogP contribution in [-0.2, 0) is 0 Å². The van der Waals surface area contributed by atoms with Gasteiger partial charge in [0.25, 0.3) is 0 Å². The van der Waals surface area contributed by atoms with E-state index in [1.54, 1.807) is 11.3 Å². The Morgan fingerprint density at radius 1 is 1.62 bits per heavy atom. The van der Waals surface area contributed by atoms with Gasteiger partial charge >= 0.3 is 0 Å². The van der Waals surface area contributed by atoms with E-state index in [4.69, 9.17) is 0 Å². The second-order valence-electron chi connectivity index (χ2n) is 3.30. The van der Waals surface area contributed by atoms with Crippen molar-refractivity contribution in [2.24, 2.45) is 0 Å². The molecule has 0 aliphatic carbocycles. The molecule has 1 aromatic heterocycles. The van der Waals surface area contributed by atoms with Gasteiger partial charge in [-0.05, 0) is 27.8 Å². The molecule has 1 atom stereocenters. The zero-order chi connectivity index (χ0) is 9.84. The Morgan fingerprint density at radius 2 is 2.31 bits per heavy atom. The Balaban J connectivity index is 2.84. The predicted molar refractivity (Wildman–Crippen MR) is 58.1 cm³/mol. The molecular weight excluding hydrogens is 180 g/mol. The van der Waals surface area contributed by atoms with Crippen molar-refractivity contribution < 1.29 is 0 Å². The van der Waals surface area contributed by atoms with Crippen LogP contribution in [-0.4, -0.2) is 12.0 Å². The van der Waals surface area contributed by atoms with Gasteiger partial charge in [-0.3, -0.25) is 0 Å². The van der Waals surface area contributed by atoms with Gasteiger partial charge in [0.15, 0.2) is 0 Å². The monoisotopic (exact) mass is 196 g/mol. The zero-order valence-corrected chi connectivity index (χ0v) is 9.40. The Kier molecular flexibility index (Phi) is 3.63. The Hall–Kier alpha value is -0.670. The Bertz CT molecular complexity index is 298. The highest BCUT2D eigenvalue weighted by Gasteiger charge is 2.08. The van der Waals surface area contributed by atoms with Crippen LogP contribution in [0.15, 0.2) is 17.0 Å². The highest BCUT2D eigenvalue weighted by molar-refractivity contribution is 7.09. The lowest BCUT2D eigenvalue weighted by atomic mass is 10.1. The summed E-state index contributed by atoms with van der Waals surface area (Å²) < 4.78 is 0. The zero-order valence-electron chi connectivity index (χ0n) is 8.59. The van der Waals surface area contributed by atoms with E-state index in [1.165, 1.54) is 5.57 Å². The van der Waals surface area contributed by atoms with Gasteiger partial charge in [0.05, 0.1) is 16.7 Å². The largest absolute Gasteiger partial charge is 0.309 e. The third-order valence-electron chi connectivity index (χ3n) is 1.77. The first-order valence-electron chi connectivity index (χ1n) is 4.38. The molecule has 1 aromatic rings. The van der Waals surface area contributed by atoms with E-state index >= 15 is 0 Å². The van der Waals surface area contributed by atoms with Crippen LogP contribution in [0.1, 0.15) is 30.6 Å². The molecule has 0 saturated heterocycles. The third-order valence-corrected chi connectivity index (χ3v) is 2.56. The molecule has 0 spiro atoms. The second-order valence-corrected chi connectivity index (χ2v) is 4.36. The molecule has 1 unspecified atom stereocenters. The van der Waals surface area contributed by atoms with Crippen LogP contribution >= 0.6 is 11.3 Å². The van der Waals surface area contributed by atoms with Crippen LogP contribution in [0.5, 0.6) is 0 Å². The summed E-state index contributed by atoms with van der Waals surface area (Å²) in [7, 11) is 1.96. The normalized spacial score (nSPS) is 12.6. The molecule has 0 aliphatic heterocycles. The van der Waals surface area contributed by atoms with Crippen LogP contribution < -0.4 is 5.32 Å². The molecule has 2 nitrogen and oxygen atoms in total. The molecule has 0 bridgehead atoms. The molecule has 0 saturated carbocycles. The van der Waals surface area contributed by atoms with Crippen LogP contribution in [0, 0.1) is 6.92 Å². The summed E-state index contributed by atoms with van der Waals surface area (Å²) in [5.41, 5.74) is 2.43. The predicted octanol–water partition coefficient (Wildman–Crippen LogP) is 2.68. The lowest BCUT2D eigenvalue weighted by molar-refractivity contribution is 0.691. The summed E-state index contributed by atoms with van der Waals surface area (Å²) in [6.45, 7) is 6.23. The number of nitrogens with zero attached hydrogens (tertiary/aromatic N) is 1. The maximum Gasteiger partial charge on any atom is 0.0898 e. The van der Waals surface area contributed by atoms with Gasteiger partial charge < -0.3 is 5.32 Å². The summed E-state index contributed by atoms with van der Waals surface area (Å²) in [5, 5.41) is 6.46. The van der Waals surface area contributed by atoms with Crippen molar-refractivity contribution in [3.63, 3.8) is 0 Å². The summed E-state index contributed by atoms with van der Waals surface area (Å²) >= 11 is 1.69. The van der Waals surface area contributed by atoms with Crippen molar-refractivity contribution in [1.82, 2.24) is 10.3 Å². The van der Waals surface area contributed by atoms with Crippen LogP contribution in [0.25, 0.3) is 0 Å². The topological polar surface area (TPSA) is 24.9 Å². The molecule has 1 heterocycles. The van der Waals surface area contributed by atoms with E-state index in [2.05, 4.69) is 35.6 Å². The van der Waals surface area contributed by atoms with Crippen molar-refractivity contribution in [1.29, 1.82) is 0 Å². The molecule has 0 aliphatic rings. The maximum atomic E-state index is 4.45. The minimum atomic E-state index is 0.259. The van der Waals surface area contributed by atoms with Gasteiger partial charge in [0.2, 0.25) is 0 Å². The fourth-order valence-electron chi connectivity index (χ4n) is 1.17. The number of thiazole rings is 1. The first kappa shape index (κ1) is 10.4. The average Bonchev–Trinajstić information content (AvgIpc) is 2.47. The number of hydrogen-bond donors (Lipinski definition) is 1. The van der Waals surface area contributed by atoms with Gasteiger partial charge in [-0.25, -0.2) is 4.98 Å². The molecule has 13 heavy (non-hydrogen) atoms. The minimum absolute atomic E-state index is 0.259. The van der Waals surface area contributed by atoms with Gasteiger partial charge in [-0.2, -0.15) is 0 Å². The molecule has 1 rings (SSSR count).